The normalized spacial score (nSPS) is 12.1. The number of hydrogen-bond donors (Lipinski definition) is 1. The van der Waals surface area contributed by atoms with E-state index >= 15 is 0 Å². The van der Waals surface area contributed by atoms with Gasteiger partial charge >= 0.3 is 0 Å². The van der Waals surface area contributed by atoms with Crippen molar-refractivity contribution in [2.24, 2.45) is 5.73 Å². The molecule has 7 heteroatoms. The Morgan fingerprint density at radius 3 is 2.57 bits per heavy atom. The molecule has 0 spiro atoms. The average molecular weight is 425 g/mol. The number of primary amides is 1. The Bertz CT molecular complexity index is 1040. The van der Waals surface area contributed by atoms with Gasteiger partial charge in [0.25, 0.3) is 5.91 Å². The third kappa shape index (κ3) is 5.36. The smallest absolute Gasteiger partial charge is 0.267 e. The number of benzene rings is 2. The second kappa shape index (κ2) is 9.89. The monoisotopic (exact) mass is 424 g/mol. The average Bonchev–Trinajstić information content (AvgIpc) is 2.76. The van der Waals surface area contributed by atoms with Crippen LogP contribution in [0.15, 0.2) is 60.8 Å². The molecule has 2 heterocycles. The van der Waals surface area contributed by atoms with Crippen LogP contribution >= 0.6 is 11.6 Å². The molecule has 0 unspecified atom stereocenters. The van der Waals surface area contributed by atoms with Crippen LogP contribution in [0.4, 0.5) is 0 Å². The quantitative estimate of drug-likeness (QED) is 0.671. The fourth-order valence-electron chi connectivity index (χ4n) is 2.87. The molecule has 1 aliphatic rings. The van der Waals surface area contributed by atoms with E-state index in [-0.39, 0.29) is 5.78 Å². The van der Waals surface area contributed by atoms with Gasteiger partial charge in [-0.3, -0.25) is 14.6 Å². The number of Topliss-reactive ketones (excluding diaryl/α,β-unsaturated/α-hetero) is 1. The minimum atomic E-state index is -0.490. The van der Waals surface area contributed by atoms with Gasteiger partial charge in [0.2, 0.25) is 0 Å². The number of aromatic nitrogens is 1. The summed E-state index contributed by atoms with van der Waals surface area (Å²) in [6.45, 7) is 2.80. The Kier molecular flexibility index (Phi) is 7.03. The van der Waals surface area contributed by atoms with Crippen LogP contribution in [0.1, 0.15) is 38.4 Å². The zero-order valence-corrected chi connectivity index (χ0v) is 17.2. The highest BCUT2D eigenvalue weighted by molar-refractivity contribution is 6.30. The molecule has 1 aromatic heterocycles. The predicted octanol–water partition coefficient (Wildman–Crippen LogP) is 4.37. The highest BCUT2D eigenvalue weighted by atomic mass is 35.5. The van der Waals surface area contributed by atoms with Gasteiger partial charge in [-0.15, -0.1) is 0 Å². The lowest BCUT2D eigenvalue weighted by atomic mass is 10.0. The van der Waals surface area contributed by atoms with E-state index in [0.29, 0.717) is 41.7 Å². The Balaban J connectivity index is 0.000000239. The molecule has 2 N–H and O–H groups in total. The molecule has 0 atom stereocenters. The zero-order valence-electron chi connectivity index (χ0n) is 16.4. The number of hydrogen-bond acceptors (Lipinski definition) is 5. The van der Waals surface area contributed by atoms with Gasteiger partial charge in [-0.2, -0.15) is 0 Å². The van der Waals surface area contributed by atoms with Gasteiger partial charge in [0.05, 0.1) is 12.2 Å². The molecule has 3 aromatic rings. The van der Waals surface area contributed by atoms with Gasteiger partial charge < -0.3 is 15.2 Å². The number of pyridine rings is 1. The van der Waals surface area contributed by atoms with E-state index in [1.165, 1.54) is 6.20 Å². The fourth-order valence-corrected chi connectivity index (χ4v) is 2.99. The van der Waals surface area contributed by atoms with Gasteiger partial charge in [-0.25, -0.2) is 0 Å². The minimum Gasteiger partial charge on any atom is -0.492 e. The van der Waals surface area contributed by atoms with Crippen molar-refractivity contribution in [3.63, 3.8) is 0 Å². The highest BCUT2D eigenvalue weighted by Crippen LogP contribution is 2.35. The summed E-state index contributed by atoms with van der Waals surface area (Å²) in [5.74, 6) is 1.03. The summed E-state index contributed by atoms with van der Waals surface area (Å²) < 4.78 is 11.4. The van der Waals surface area contributed by atoms with Crippen LogP contribution in [-0.4, -0.2) is 23.3 Å². The topological polar surface area (TPSA) is 91.5 Å². The van der Waals surface area contributed by atoms with Crippen LogP contribution in [0.2, 0.25) is 5.02 Å². The predicted molar refractivity (Wildman–Crippen MR) is 114 cm³/mol. The van der Waals surface area contributed by atoms with E-state index in [9.17, 15) is 9.59 Å². The third-order valence-corrected chi connectivity index (χ3v) is 4.71. The van der Waals surface area contributed by atoms with Crippen LogP contribution in [-0.2, 0) is 6.61 Å². The number of amides is 1. The lowest BCUT2D eigenvalue weighted by molar-refractivity contribution is 0.0931. The fraction of sp³-hybridized carbons (Fsp3) is 0.174. The number of halogens is 1. The molecule has 1 amide bonds. The summed E-state index contributed by atoms with van der Waals surface area (Å²) in [6.07, 6.45) is 1.97. The van der Waals surface area contributed by atoms with E-state index in [2.05, 4.69) is 4.98 Å². The molecule has 6 nitrogen and oxygen atoms in total. The van der Waals surface area contributed by atoms with E-state index < -0.39 is 5.91 Å². The largest absolute Gasteiger partial charge is 0.492 e. The van der Waals surface area contributed by atoms with Gasteiger partial charge in [0.1, 0.15) is 23.8 Å². The van der Waals surface area contributed by atoms with Crippen molar-refractivity contribution in [2.75, 3.05) is 6.61 Å². The van der Waals surface area contributed by atoms with Crippen molar-refractivity contribution in [2.45, 2.75) is 20.0 Å². The molecule has 4 rings (SSSR count). The number of nitrogens with two attached hydrogens (primary N) is 1. The van der Waals surface area contributed by atoms with Crippen LogP contribution in [0.5, 0.6) is 11.5 Å². The summed E-state index contributed by atoms with van der Waals surface area (Å²) in [5.41, 5.74) is 7.77. The molecule has 0 radical (unpaired) electrons. The molecular formula is C23H21ClN2O4. The second-order valence-electron chi connectivity index (χ2n) is 6.58. The van der Waals surface area contributed by atoms with Crippen molar-refractivity contribution in [3.8, 4) is 11.5 Å². The molecule has 2 aromatic carbocycles. The highest BCUT2D eigenvalue weighted by Gasteiger charge is 2.22. The molecule has 0 bridgehead atoms. The molecular weight excluding hydrogens is 404 g/mol. The number of carbonyl (C=O) groups excluding carboxylic acids is 2. The van der Waals surface area contributed by atoms with Gasteiger partial charge in [0.15, 0.2) is 5.78 Å². The first-order valence-corrected chi connectivity index (χ1v) is 9.71. The molecule has 1 aliphatic heterocycles. The summed E-state index contributed by atoms with van der Waals surface area (Å²) in [7, 11) is 0. The maximum atomic E-state index is 11.8. The van der Waals surface area contributed by atoms with Crippen LogP contribution in [0, 0.1) is 6.92 Å². The minimum absolute atomic E-state index is 0.128. The maximum Gasteiger partial charge on any atom is 0.267 e. The lowest BCUT2D eigenvalue weighted by Gasteiger charge is -2.20. The third-order valence-electron chi connectivity index (χ3n) is 4.46. The molecule has 0 saturated heterocycles. The van der Waals surface area contributed by atoms with Crippen molar-refractivity contribution < 1.29 is 19.1 Å². The number of nitrogens with zero attached hydrogens (tertiary/aromatic N) is 1. The van der Waals surface area contributed by atoms with Crippen LogP contribution < -0.4 is 15.2 Å². The first-order chi connectivity index (χ1) is 14.5. The Labute approximate surface area is 179 Å². The molecule has 0 aliphatic carbocycles. The molecule has 0 saturated carbocycles. The zero-order chi connectivity index (χ0) is 21.5. The lowest BCUT2D eigenvalue weighted by Crippen LogP contribution is -2.16. The Morgan fingerprint density at radius 1 is 1.17 bits per heavy atom. The van der Waals surface area contributed by atoms with E-state index in [1.54, 1.807) is 24.3 Å². The molecule has 0 fully saturated rings. The van der Waals surface area contributed by atoms with E-state index in [0.717, 1.165) is 16.9 Å². The first kappa shape index (κ1) is 21.3. The van der Waals surface area contributed by atoms with Crippen LogP contribution in [0.25, 0.3) is 0 Å². The summed E-state index contributed by atoms with van der Waals surface area (Å²) >= 11 is 5.86. The summed E-state index contributed by atoms with van der Waals surface area (Å²) in [4.78, 5) is 25.9. The van der Waals surface area contributed by atoms with Crippen molar-refractivity contribution in [1.82, 2.24) is 4.98 Å². The van der Waals surface area contributed by atoms with Gasteiger partial charge in [-0.05, 0) is 48.9 Å². The number of fused-ring (bicyclic) bond motifs is 1. The van der Waals surface area contributed by atoms with Crippen molar-refractivity contribution in [1.29, 1.82) is 0 Å². The number of rotatable bonds is 4. The second-order valence-corrected chi connectivity index (χ2v) is 7.02. The standard InChI is InChI=1S/C17H15ClO3.C6H6N2O/c1-11-16(21-10-12-2-4-13(18)5-3-12)7-6-14-15(19)8-9-20-17(11)14;7-6(9)5-3-1-2-4-8-5/h2-7H,8-10H2,1H3;1-4H,(H2,7,9). The van der Waals surface area contributed by atoms with Crippen molar-refractivity contribution >= 4 is 23.3 Å². The molecule has 154 valence electrons. The van der Waals surface area contributed by atoms with E-state index in [4.69, 9.17) is 26.8 Å². The Hall–Kier alpha value is -3.38. The summed E-state index contributed by atoms with van der Waals surface area (Å²) in [5, 5.41) is 0.704. The van der Waals surface area contributed by atoms with Crippen LogP contribution in [0.3, 0.4) is 0 Å². The number of ketones is 1. The molecule has 30 heavy (non-hydrogen) atoms. The first-order valence-electron chi connectivity index (χ1n) is 9.33. The van der Waals surface area contributed by atoms with Gasteiger partial charge in [-0.1, -0.05) is 29.8 Å². The van der Waals surface area contributed by atoms with E-state index in [1.807, 2.05) is 37.3 Å². The number of carbonyl (C=O) groups is 2. The van der Waals surface area contributed by atoms with Gasteiger partial charge in [0, 0.05) is 23.2 Å². The Morgan fingerprint density at radius 2 is 1.93 bits per heavy atom. The summed E-state index contributed by atoms with van der Waals surface area (Å²) in [6, 6.07) is 16.1. The number of ether oxygens (including phenoxy) is 2. The maximum absolute atomic E-state index is 11.8. The van der Waals surface area contributed by atoms with Crippen molar-refractivity contribution in [3.05, 3.63) is 88.2 Å². The SMILES string of the molecule is Cc1c(OCc2ccc(Cl)cc2)ccc2c1OCCC2=O.NC(=O)c1ccccn1.